The Morgan fingerprint density at radius 2 is 2.18 bits per heavy atom. The summed E-state index contributed by atoms with van der Waals surface area (Å²) in [6.07, 6.45) is 3.54. The molecule has 0 saturated heterocycles. The highest BCUT2D eigenvalue weighted by Crippen LogP contribution is 2.12. The second kappa shape index (κ2) is 3.81. The Morgan fingerprint density at radius 3 is 2.82 bits per heavy atom. The molecule has 0 saturated carbocycles. The molecular formula is C10H12O. The van der Waals surface area contributed by atoms with Gasteiger partial charge < -0.3 is 4.74 Å². The number of benzene rings is 1. The molecule has 1 rings (SSSR count). The number of hydrogen-bond acceptors (Lipinski definition) is 1. The zero-order valence-corrected chi connectivity index (χ0v) is 6.87. The summed E-state index contributed by atoms with van der Waals surface area (Å²) in [4.78, 5) is 0. The van der Waals surface area contributed by atoms with Crippen LogP contribution in [0.4, 0.5) is 0 Å². The third kappa shape index (κ3) is 2.46. The van der Waals surface area contributed by atoms with E-state index in [1.54, 1.807) is 6.26 Å². The van der Waals surface area contributed by atoms with Crippen molar-refractivity contribution in [3.05, 3.63) is 42.2 Å². The molecule has 1 aromatic carbocycles. The van der Waals surface area contributed by atoms with Crippen LogP contribution < -0.4 is 4.74 Å². The first-order valence-corrected chi connectivity index (χ1v) is 3.67. The Balaban J connectivity index is 2.71. The monoisotopic (exact) mass is 148 g/mol. The molecule has 1 heteroatoms. The maximum absolute atomic E-state index is 5.26. The van der Waals surface area contributed by atoms with Gasteiger partial charge in [0.05, 0.1) is 6.26 Å². The summed E-state index contributed by atoms with van der Waals surface area (Å²) in [5.74, 6) is 0.892. The van der Waals surface area contributed by atoms with Gasteiger partial charge in [-0.25, -0.2) is 0 Å². The molecule has 0 fully saturated rings. The van der Waals surface area contributed by atoms with Crippen LogP contribution in [0.15, 0.2) is 36.6 Å². The second-order valence-corrected chi connectivity index (χ2v) is 2.40. The summed E-state index contributed by atoms with van der Waals surface area (Å²) in [7, 11) is 0. The lowest BCUT2D eigenvalue weighted by atomic mass is 10.2. The molecule has 0 spiro atoms. The van der Waals surface area contributed by atoms with Gasteiger partial charge in [0.2, 0.25) is 0 Å². The molecule has 1 nitrogen and oxygen atoms in total. The van der Waals surface area contributed by atoms with Crippen molar-refractivity contribution < 1.29 is 4.74 Å². The van der Waals surface area contributed by atoms with E-state index in [2.05, 4.69) is 0 Å². The molecule has 0 amide bonds. The summed E-state index contributed by atoms with van der Waals surface area (Å²) in [6, 6.07) is 7.96. The Kier molecular flexibility index (Phi) is 2.73. The predicted molar refractivity (Wildman–Crippen MR) is 46.6 cm³/mol. The summed E-state index contributed by atoms with van der Waals surface area (Å²) < 4.78 is 5.26. The lowest BCUT2D eigenvalue weighted by Gasteiger charge is -1.99. The lowest BCUT2D eigenvalue weighted by molar-refractivity contribution is 0.480. The number of ether oxygens (including phenoxy) is 1. The third-order valence-electron chi connectivity index (χ3n) is 1.33. The third-order valence-corrected chi connectivity index (χ3v) is 1.33. The molecular weight excluding hydrogens is 136 g/mol. The fourth-order valence-corrected chi connectivity index (χ4v) is 0.835. The molecule has 0 aliphatic rings. The van der Waals surface area contributed by atoms with E-state index in [0.717, 1.165) is 5.75 Å². The SMILES string of the molecule is C/C=C\Oc1cccc(C)c1. The number of aryl methyl sites for hydroxylation is 1. The first kappa shape index (κ1) is 7.86. The average molecular weight is 148 g/mol. The topological polar surface area (TPSA) is 9.23 Å². The molecule has 11 heavy (non-hydrogen) atoms. The predicted octanol–water partition coefficient (Wildman–Crippen LogP) is 2.91. The minimum absolute atomic E-state index is 0.892. The van der Waals surface area contributed by atoms with E-state index >= 15 is 0 Å². The Bertz CT molecular complexity index is 251. The smallest absolute Gasteiger partial charge is 0.126 e. The van der Waals surface area contributed by atoms with E-state index in [1.165, 1.54) is 5.56 Å². The standard InChI is InChI=1S/C10H12O/c1-3-7-11-10-6-4-5-9(2)8-10/h3-8H,1-2H3/b7-3-. The first-order valence-electron chi connectivity index (χ1n) is 3.67. The quantitative estimate of drug-likeness (QED) is 0.586. The minimum Gasteiger partial charge on any atom is -0.465 e. The number of rotatable bonds is 2. The average Bonchev–Trinajstić information content (AvgIpc) is 2.01. The van der Waals surface area contributed by atoms with Gasteiger partial charge in [-0.2, -0.15) is 0 Å². The van der Waals surface area contributed by atoms with Gasteiger partial charge in [0, 0.05) is 0 Å². The van der Waals surface area contributed by atoms with Crippen molar-refractivity contribution >= 4 is 0 Å². The highest BCUT2D eigenvalue weighted by atomic mass is 16.5. The van der Waals surface area contributed by atoms with Crippen LogP contribution in [0.2, 0.25) is 0 Å². The molecule has 0 aromatic heterocycles. The Hall–Kier alpha value is -1.24. The van der Waals surface area contributed by atoms with Crippen LogP contribution in [0.3, 0.4) is 0 Å². The van der Waals surface area contributed by atoms with Crippen molar-refractivity contribution in [3.8, 4) is 5.75 Å². The summed E-state index contributed by atoms with van der Waals surface area (Å²) in [6.45, 7) is 3.97. The van der Waals surface area contributed by atoms with Crippen LogP contribution in [0.1, 0.15) is 12.5 Å². The largest absolute Gasteiger partial charge is 0.465 e. The molecule has 0 bridgehead atoms. The molecule has 58 valence electrons. The Labute approximate surface area is 67.3 Å². The van der Waals surface area contributed by atoms with Gasteiger partial charge in [-0.1, -0.05) is 18.2 Å². The molecule has 1 aromatic rings. The molecule has 0 N–H and O–H groups in total. The summed E-state index contributed by atoms with van der Waals surface area (Å²) >= 11 is 0. The van der Waals surface area contributed by atoms with Crippen molar-refractivity contribution in [2.75, 3.05) is 0 Å². The van der Waals surface area contributed by atoms with Crippen molar-refractivity contribution in [1.82, 2.24) is 0 Å². The number of allylic oxidation sites excluding steroid dienone is 1. The van der Waals surface area contributed by atoms with Crippen molar-refractivity contribution in [3.63, 3.8) is 0 Å². The molecule has 0 atom stereocenters. The van der Waals surface area contributed by atoms with Crippen LogP contribution in [-0.4, -0.2) is 0 Å². The first-order chi connectivity index (χ1) is 5.33. The molecule has 0 aliphatic carbocycles. The normalized spacial score (nSPS) is 10.4. The minimum atomic E-state index is 0.892. The molecule has 0 heterocycles. The van der Waals surface area contributed by atoms with Gasteiger partial charge in [0.1, 0.15) is 5.75 Å². The Morgan fingerprint density at radius 1 is 1.36 bits per heavy atom. The van der Waals surface area contributed by atoms with Crippen LogP contribution in [0.25, 0.3) is 0 Å². The summed E-state index contributed by atoms with van der Waals surface area (Å²) in [5.41, 5.74) is 1.21. The van der Waals surface area contributed by atoms with Gasteiger partial charge in [-0.05, 0) is 31.5 Å². The van der Waals surface area contributed by atoms with Gasteiger partial charge in [0.25, 0.3) is 0 Å². The van der Waals surface area contributed by atoms with E-state index in [0.29, 0.717) is 0 Å². The second-order valence-electron chi connectivity index (χ2n) is 2.40. The summed E-state index contributed by atoms with van der Waals surface area (Å²) in [5, 5.41) is 0. The molecule has 0 radical (unpaired) electrons. The highest BCUT2D eigenvalue weighted by Gasteiger charge is 1.88. The zero-order valence-electron chi connectivity index (χ0n) is 6.87. The van der Waals surface area contributed by atoms with Crippen LogP contribution >= 0.6 is 0 Å². The van der Waals surface area contributed by atoms with Crippen molar-refractivity contribution in [1.29, 1.82) is 0 Å². The van der Waals surface area contributed by atoms with E-state index in [-0.39, 0.29) is 0 Å². The molecule has 0 unspecified atom stereocenters. The van der Waals surface area contributed by atoms with Gasteiger partial charge in [-0.15, -0.1) is 0 Å². The van der Waals surface area contributed by atoms with Gasteiger partial charge >= 0.3 is 0 Å². The maximum Gasteiger partial charge on any atom is 0.126 e. The van der Waals surface area contributed by atoms with E-state index in [4.69, 9.17) is 4.74 Å². The van der Waals surface area contributed by atoms with Crippen LogP contribution in [0, 0.1) is 6.92 Å². The lowest BCUT2D eigenvalue weighted by Crippen LogP contribution is -1.81. The highest BCUT2D eigenvalue weighted by molar-refractivity contribution is 5.27. The van der Waals surface area contributed by atoms with Crippen molar-refractivity contribution in [2.45, 2.75) is 13.8 Å². The van der Waals surface area contributed by atoms with E-state index < -0.39 is 0 Å². The fraction of sp³-hybridized carbons (Fsp3) is 0.200. The van der Waals surface area contributed by atoms with E-state index in [1.807, 2.05) is 44.2 Å². The maximum atomic E-state index is 5.26. The molecule has 0 aliphatic heterocycles. The zero-order chi connectivity index (χ0) is 8.10. The van der Waals surface area contributed by atoms with Gasteiger partial charge in [-0.3, -0.25) is 0 Å². The van der Waals surface area contributed by atoms with Crippen LogP contribution in [-0.2, 0) is 0 Å². The number of hydrogen-bond donors (Lipinski definition) is 0. The van der Waals surface area contributed by atoms with E-state index in [9.17, 15) is 0 Å². The van der Waals surface area contributed by atoms with Crippen LogP contribution in [0.5, 0.6) is 5.75 Å². The fourth-order valence-electron chi connectivity index (χ4n) is 0.835. The van der Waals surface area contributed by atoms with Gasteiger partial charge in [0.15, 0.2) is 0 Å². The van der Waals surface area contributed by atoms with Crippen molar-refractivity contribution in [2.24, 2.45) is 0 Å².